The highest BCUT2D eigenvalue weighted by Crippen LogP contribution is 2.27. The second kappa shape index (κ2) is 6.02. The molecule has 0 saturated carbocycles. The molecule has 0 spiro atoms. The van der Waals surface area contributed by atoms with Crippen molar-refractivity contribution < 1.29 is 13.9 Å². The number of hydrogen-bond acceptors (Lipinski definition) is 2. The minimum absolute atomic E-state index is 0.0597. The third-order valence-electron chi connectivity index (χ3n) is 3.73. The summed E-state index contributed by atoms with van der Waals surface area (Å²) >= 11 is 0. The molecule has 0 fully saturated rings. The summed E-state index contributed by atoms with van der Waals surface area (Å²) < 4.78 is 18.6. The Morgan fingerprint density at radius 2 is 1.86 bits per heavy atom. The van der Waals surface area contributed by atoms with Gasteiger partial charge in [-0.25, -0.2) is 4.39 Å². The lowest BCUT2D eigenvalue weighted by Crippen LogP contribution is -2.34. The molecule has 1 aliphatic rings. The molecule has 0 aliphatic carbocycles. The number of nitrogens with zero attached hydrogens (tertiary/aromatic N) is 1. The van der Waals surface area contributed by atoms with Crippen LogP contribution in [0.15, 0.2) is 55.1 Å². The van der Waals surface area contributed by atoms with Gasteiger partial charge in [0.15, 0.2) is 0 Å². The molecule has 4 heteroatoms. The van der Waals surface area contributed by atoms with Crippen LogP contribution in [0, 0.1) is 5.82 Å². The zero-order valence-corrected chi connectivity index (χ0v) is 12.1. The molecule has 0 aromatic heterocycles. The van der Waals surface area contributed by atoms with Gasteiger partial charge in [0, 0.05) is 13.1 Å². The van der Waals surface area contributed by atoms with Crippen molar-refractivity contribution in [3.05, 3.63) is 72.1 Å². The molecule has 22 heavy (non-hydrogen) atoms. The van der Waals surface area contributed by atoms with E-state index in [-0.39, 0.29) is 11.7 Å². The SMILES string of the molecule is C=CC(=O)N1CCc2ccc(Oc3ccc(F)cc3)cc2C1. The van der Waals surface area contributed by atoms with Gasteiger partial charge in [0.25, 0.3) is 0 Å². The highest BCUT2D eigenvalue weighted by Gasteiger charge is 2.19. The van der Waals surface area contributed by atoms with Crippen LogP contribution in [0.25, 0.3) is 0 Å². The summed E-state index contributed by atoms with van der Waals surface area (Å²) in [5, 5.41) is 0. The van der Waals surface area contributed by atoms with Crippen molar-refractivity contribution in [2.75, 3.05) is 6.54 Å². The topological polar surface area (TPSA) is 29.5 Å². The van der Waals surface area contributed by atoms with E-state index >= 15 is 0 Å². The van der Waals surface area contributed by atoms with Crippen LogP contribution in [0.1, 0.15) is 11.1 Å². The third kappa shape index (κ3) is 3.01. The molecule has 0 unspecified atom stereocenters. The van der Waals surface area contributed by atoms with E-state index < -0.39 is 0 Å². The summed E-state index contributed by atoms with van der Waals surface area (Å²) in [5.74, 6) is 0.904. The largest absolute Gasteiger partial charge is 0.457 e. The Kier molecular flexibility index (Phi) is 3.92. The Morgan fingerprint density at radius 3 is 2.59 bits per heavy atom. The fourth-order valence-corrected chi connectivity index (χ4v) is 2.55. The van der Waals surface area contributed by atoms with Gasteiger partial charge in [-0.05, 0) is 60.0 Å². The van der Waals surface area contributed by atoms with E-state index in [4.69, 9.17) is 4.74 Å². The molecule has 0 atom stereocenters. The van der Waals surface area contributed by atoms with Crippen molar-refractivity contribution in [1.82, 2.24) is 4.90 Å². The van der Waals surface area contributed by atoms with Crippen LogP contribution in [0.5, 0.6) is 11.5 Å². The summed E-state index contributed by atoms with van der Waals surface area (Å²) in [6.07, 6.45) is 2.16. The highest BCUT2D eigenvalue weighted by atomic mass is 19.1. The highest BCUT2D eigenvalue weighted by molar-refractivity contribution is 5.87. The average molecular weight is 297 g/mol. The number of fused-ring (bicyclic) bond motifs is 1. The van der Waals surface area contributed by atoms with E-state index in [1.54, 1.807) is 17.0 Å². The van der Waals surface area contributed by atoms with Crippen LogP contribution in [-0.4, -0.2) is 17.4 Å². The molecule has 0 saturated heterocycles. The van der Waals surface area contributed by atoms with Gasteiger partial charge in [0.2, 0.25) is 5.91 Å². The third-order valence-corrected chi connectivity index (χ3v) is 3.73. The van der Waals surface area contributed by atoms with E-state index in [0.29, 0.717) is 24.6 Å². The summed E-state index contributed by atoms with van der Waals surface area (Å²) in [6, 6.07) is 11.7. The number of ether oxygens (including phenoxy) is 1. The fourth-order valence-electron chi connectivity index (χ4n) is 2.55. The summed E-state index contributed by atoms with van der Waals surface area (Å²) in [4.78, 5) is 13.5. The molecule has 3 nitrogen and oxygen atoms in total. The maximum absolute atomic E-state index is 12.9. The van der Waals surface area contributed by atoms with Gasteiger partial charge >= 0.3 is 0 Å². The first-order valence-corrected chi connectivity index (χ1v) is 7.12. The fraction of sp³-hybridized carbons (Fsp3) is 0.167. The van der Waals surface area contributed by atoms with E-state index in [2.05, 4.69) is 6.58 Å². The molecule has 0 bridgehead atoms. The van der Waals surface area contributed by atoms with Crippen molar-refractivity contribution >= 4 is 5.91 Å². The monoisotopic (exact) mass is 297 g/mol. The van der Waals surface area contributed by atoms with Crippen LogP contribution in [-0.2, 0) is 17.8 Å². The Hall–Kier alpha value is -2.62. The van der Waals surface area contributed by atoms with Gasteiger partial charge in [0.05, 0.1) is 0 Å². The van der Waals surface area contributed by atoms with E-state index in [1.807, 2.05) is 18.2 Å². The van der Waals surface area contributed by atoms with Crippen LogP contribution in [0.2, 0.25) is 0 Å². The second-order valence-electron chi connectivity index (χ2n) is 5.20. The molecule has 112 valence electrons. The lowest BCUT2D eigenvalue weighted by molar-refractivity contribution is -0.126. The van der Waals surface area contributed by atoms with E-state index in [9.17, 15) is 9.18 Å². The van der Waals surface area contributed by atoms with Gasteiger partial charge < -0.3 is 9.64 Å². The molecule has 1 amide bonds. The van der Waals surface area contributed by atoms with Gasteiger partial charge in [-0.3, -0.25) is 4.79 Å². The van der Waals surface area contributed by atoms with Crippen LogP contribution >= 0.6 is 0 Å². The summed E-state index contributed by atoms with van der Waals surface area (Å²) in [6.45, 7) is 4.79. The second-order valence-corrected chi connectivity index (χ2v) is 5.20. The first-order chi connectivity index (χ1) is 10.7. The van der Waals surface area contributed by atoms with Crippen molar-refractivity contribution in [3.63, 3.8) is 0 Å². The Bertz CT molecular complexity index is 710. The number of benzene rings is 2. The molecule has 0 radical (unpaired) electrons. The van der Waals surface area contributed by atoms with Crippen LogP contribution < -0.4 is 4.74 Å². The van der Waals surface area contributed by atoms with Crippen molar-refractivity contribution in [2.45, 2.75) is 13.0 Å². The number of hydrogen-bond donors (Lipinski definition) is 0. The Balaban J connectivity index is 1.79. The molecule has 0 N–H and O–H groups in total. The molecular formula is C18H16FNO2. The van der Waals surface area contributed by atoms with Crippen LogP contribution in [0.3, 0.4) is 0 Å². The Labute approximate surface area is 128 Å². The summed E-state index contributed by atoms with van der Waals surface area (Å²) in [7, 11) is 0. The smallest absolute Gasteiger partial charge is 0.246 e. The first kappa shape index (κ1) is 14.3. The van der Waals surface area contributed by atoms with Crippen LogP contribution in [0.4, 0.5) is 4.39 Å². The van der Waals surface area contributed by atoms with Gasteiger partial charge in [0.1, 0.15) is 17.3 Å². The maximum Gasteiger partial charge on any atom is 0.246 e. The number of halogens is 1. The normalized spacial score (nSPS) is 13.4. The maximum atomic E-state index is 12.9. The number of carbonyl (C=O) groups excluding carboxylic acids is 1. The number of rotatable bonds is 3. The zero-order valence-electron chi connectivity index (χ0n) is 12.1. The molecule has 2 aromatic rings. The lowest BCUT2D eigenvalue weighted by Gasteiger charge is -2.28. The molecule has 1 aliphatic heterocycles. The molecule has 1 heterocycles. The van der Waals surface area contributed by atoms with Crippen molar-refractivity contribution in [2.24, 2.45) is 0 Å². The summed E-state index contributed by atoms with van der Waals surface area (Å²) in [5.41, 5.74) is 2.29. The van der Waals surface area contributed by atoms with E-state index in [1.165, 1.54) is 23.8 Å². The van der Waals surface area contributed by atoms with Crippen molar-refractivity contribution in [3.8, 4) is 11.5 Å². The predicted molar refractivity (Wildman–Crippen MR) is 82.2 cm³/mol. The zero-order chi connectivity index (χ0) is 15.5. The van der Waals surface area contributed by atoms with Crippen molar-refractivity contribution in [1.29, 1.82) is 0 Å². The standard InChI is InChI=1S/C18H16FNO2/c1-2-18(21)20-10-9-13-3-6-17(11-14(13)12-20)22-16-7-4-15(19)5-8-16/h2-8,11H,1,9-10,12H2. The predicted octanol–water partition coefficient (Wildman–Crippen LogP) is 3.69. The lowest BCUT2D eigenvalue weighted by atomic mass is 9.99. The van der Waals surface area contributed by atoms with Gasteiger partial charge in [-0.15, -0.1) is 0 Å². The van der Waals surface area contributed by atoms with E-state index in [0.717, 1.165) is 12.0 Å². The molecular weight excluding hydrogens is 281 g/mol. The van der Waals surface area contributed by atoms with Gasteiger partial charge in [-0.1, -0.05) is 12.6 Å². The Morgan fingerprint density at radius 1 is 1.14 bits per heavy atom. The number of amides is 1. The minimum Gasteiger partial charge on any atom is -0.457 e. The van der Waals surface area contributed by atoms with Gasteiger partial charge in [-0.2, -0.15) is 0 Å². The first-order valence-electron chi connectivity index (χ1n) is 7.12. The quantitative estimate of drug-likeness (QED) is 0.809. The molecule has 3 rings (SSSR count). The number of carbonyl (C=O) groups is 1. The minimum atomic E-state index is -0.295. The molecule has 2 aromatic carbocycles. The average Bonchev–Trinajstić information content (AvgIpc) is 2.55.